The monoisotopic (exact) mass is 283 g/mol. The Morgan fingerprint density at radius 3 is 2.84 bits per heavy atom. The molecule has 1 aliphatic rings. The molecule has 1 saturated heterocycles. The van der Waals surface area contributed by atoms with Crippen LogP contribution < -0.4 is 5.32 Å². The zero-order chi connectivity index (χ0) is 13.3. The van der Waals surface area contributed by atoms with Crippen molar-refractivity contribution in [3.05, 3.63) is 10.0 Å². The van der Waals surface area contributed by atoms with E-state index < -0.39 is 0 Å². The van der Waals surface area contributed by atoms with Crippen molar-refractivity contribution in [1.82, 2.24) is 15.5 Å². The van der Waals surface area contributed by atoms with Gasteiger partial charge in [0.15, 0.2) is 0 Å². The molecule has 2 heterocycles. The summed E-state index contributed by atoms with van der Waals surface area (Å²) in [6.07, 6.45) is 8.53. The van der Waals surface area contributed by atoms with Crippen LogP contribution in [0.3, 0.4) is 0 Å². The first-order valence-corrected chi connectivity index (χ1v) is 8.33. The van der Waals surface area contributed by atoms with Crippen LogP contribution in [0.1, 0.15) is 49.0 Å². The third-order valence-electron chi connectivity index (χ3n) is 3.46. The molecule has 108 valence electrons. The highest BCUT2D eigenvalue weighted by atomic mass is 32.1. The average Bonchev–Trinajstić information content (AvgIpc) is 2.91. The fraction of sp³-hybridized carbons (Fsp3) is 0.857. The fourth-order valence-corrected chi connectivity index (χ4v) is 3.25. The Labute approximate surface area is 120 Å². The van der Waals surface area contributed by atoms with Gasteiger partial charge in [-0.3, -0.25) is 0 Å². The molecular weight excluding hydrogens is 258 g/mol. The molecule has 0 aliphatic carbocycles. The molecule has 0 aromatic carbocycles. The van der Waals surface area contributed by atoms with Gasteiger partial charge in [-0.25, -0.2) is 0 Å². The quantitative estimate of drug-likeness (QED) is 0.745. The van der Waals surface area contributed by atoms with Gasteiger partial charge in [0.1, 0.15) is 10.0 Å². The Kier molecular flexibility index (Phi) is 6.74. The molecule has 5 heteroatoms. The molecule has 1 atom stereocenters. The number of aromatic nitrogens is 2. The zero-order valence-electron chi connectivity index (χ0n) is 11.9. The van der Waals surface area contributed by atoms with Gasteiger partial charge in [0.25, 0.3) is 0 Å². The molecule has 2 rings (SSSR count). The van der Waals surface area contributed by atoms with Crippen LogP contribution >= 0.6 is 11.3 Å². The summed E-state index contributed by atoms with van der Waals surface area (Å²) in [5, 5.41) is 14.3. The van der Waals surface area contributed by atoms with Gasteiger partial charge in [0.2, 0.25) is 0 Å². The van der Waals surface area contributed by atoms with E-state index in [0.29, 0.717) is 6.10 Å². The Morgan fingerprint density at radius 1 is 1.26 bits per heavy atom. The first-order valence-electron chi connectivity index (χ1n) is 7.52. The number of aryl methyl sites for hydroxylation is 2. The number of nitrogens with one attached hydrogen (secondary N) is 1. The van der Waals surface area contributed by atoms with Gasteiger partial charge in [-0.15, -0.1) is 21.5 Å². The maximum Gasteiger partial charge on any atom is 0.117 e. The zero-order valence-corrected chi connectivity index (χ0v) is 12.7. The van der Waals surface area contributed by atoms with Crippen molar-refractivity contribution in [2.24, 2.45) is 0 Å². The van der Waals surface area contributed by atoms with Gasteiger partial charge < -0.3 is 10.1 Å². The Morgan fingerprint density at radius 2 is 2.11 bits per heavy atom. The van der Waals surface area contributed by atoms with Crippen molar-refractivity contribution in [3.63, 3.8) is 0 Å². The first-order chi connectivity index (χ1) is 9.38. The van der Waals surface area contributed by atoms with Crippen LogP contribution in [-0.4, -0.2) is 36.0 Å². The molecule has 0 radical (unpaired) electrons. The molecule has 1 unspecified atom stereocenters. The van der Waals surface area contributed by atoms with E-state index in [1.165, 1.54) is 29.3 Å². The molecule has 0 saturated carbocycles. The van der Waals surface area contributed by atoms with Gasteiger partial charge in [-0.05, 0) is 45.2 Å². The number of ether oxygens (including phenoxy) is 1. The van der Waals surface area contributed by atoms with Crippen molar-refractivity contribution in [2.75, 3.05) is 19.7 Å². The van der Waals surface area contributed by atoms with Gasteiger partial charge in [-0.2, -0.15) is 0 Å². The Bertz CT molecular complexity index is 350. The van der Waals surface area contributed by atoms with E-state index >= 15 is 0 Å². The van der Waals surface area contributed by atoms with Crippen molar-refractivity contribution in [2.45, 2.75) is 58.0 Å². The highest BCUT2D eigenvalue weighted by Crippen LogP contribution is 2.19. The minimum atomic E-state index is 0.454. The number of nitrogens with zero attached hydrogens (tertiary/aromatic N) is 2. The summed E-state index contributed by atoms with van der Waals surface area (Å²) in [6.45, 7) is 5.19. The summed E-state index contributed by atoms with van der Waals surface area (Å²) in [7, 11) is 0. The van der Waals surface area contributed by atoms with Crippen LogP contribution in [0.5, 0.6) is 0 Å². The lowest BCUT2D eigenvalue weighted by Gasteiger charge is -2.21. The topological polar surface area (TPSA) is 47.0 Å². The van der Waals surface area contributed by atoms with E-state index in [1.54, 1.807) is 11.3 Å². The van der Waals surface area contributed by atoms with Crippen molar-refractivity contribution < 1.29 is 4.74 Å². The summed E-state index contributed by atoms with van der Waals surface area (Å²) in [4.78, 5) is 0. The van der Waals surface area contributed by atoms with Crippen molar-refractivity contribution >= 4 is 11.3 Å². The van der Waals surface area contributed by atoms with E-state index in [2.05, 4.69) is 22.4 Å². The summed E-state index contributed by atoms with van der Waals surface area (Å²) >= 11 is 1.77. The molecule has 19 heavy (non-hydrogen) atoms. The van der Waals surface area contributed by atoms with Crippen LogP contribution in [0.25, 0.3) is 0 Å². The molecule has 4 nitrogen and oxygen atoms in total. The minimum absolute atomic E-state index is 0.454. The SMILES string of the molecule is CCNCCCc1nnc(CCC2CCCCO2)s1. The standard InChI is InChI=1S/C14H25N3OS/c1-2-15-10-5-7-13-16-17-14(19-13)9-8-12-6-3-4-11-18-12/h12,15H,2-11H2,1H3. The van der Waals surface area contributed by atoms with Gasteiger partial charge in [0.05, 0.1) is 6.10 Å². The van der Waals surface area contributed by atoms with Gasteiger partial charge >= 0.3 is 0 Å². The van der Waals surface area contributed by atoms with Crippen molar-refractivity contribution in [1.29, 1.82) is 0 Å². The molecule has 1 aromatic rings. The van der Waals surface area contributed by atoms with Gasteiger partial charge in [-0.1, -0.05) is 6.92 Å². The van der Waals surface area contributed by atoms with Crippen LogP contribution in [0.15, 0.2) is 0 Å². The van der Waals surface area contributed by atoms with E-state index in [1.807, 2.05) is 0 Å². The highest BCUT2D eigenvalue weighted by Gasteiger charge is 2.14. The third kappa shape index (κ3) is 5.55. The number of rotatable bonds is 8. The highest BCUT2D eigenvalue weighted by molar-refractivity contribution is 7.11. The van der Waals surface area contributed by atoms with Crippen LogP contribution in [-0.2, 0) is 17.6 Å². The summed E-state index contributed by atoms with van der Waals surface area (Å²) in [6, 6.07) is 0. The maximum atomic E-state index is 5.75. The van der Waals surface area contributed by atoms with Crippen LogP contribution in [0.2, 0.25) is 0 Å². The average molecular weight is 283 g/mol. The second kappa shape index (κ2) is 8.61. The molecule has 1 N–H and O–H groups in total. The van der Waals surface area contributed by atoms with E-state index in [4.69, 9.17) is 4.74 Å². The molecule has 0 amide bonds. The number of hydrogen-bond donors (Lipinski definition) is 1. The minimum Gasteiger partial charge on any atom is -0.378 e. The first kappa shape index (κ1) is 14.9. The van der Waals surface area contributed by atoms with Crippen LogP contribution in [0.4, 0.5) is 0 Å². The normalized spacial score (nSPS) is 19.7. The smallest absolute Gasteiger partial charge is 0.117 e. The molecular formula is C14H25N3OS. The summed E-state index contributed by atoms with van der Waals surface area (Å²) in [5.74, 6) is 0. The second-order valence-electron chi connectivity index (χ2n) is 5.07. The molecule has 1 aliphatic heterocycles. The van der Waals surface area contributed by atoms with Crippen LogP contribution in [0, 0.1) is 0 Å². The Hall–Kier alpha value is -0.520. The third-order valence-corrected chi connectivity index (χ3v) is 4.50. The lowest BCUT2D eigenvalue weighted by atomic mass is 10.1. The van der Waals surface area contributed by atoms with Gasteiger partial charge in [0, 0.05) is 19.4 Å². The summed E-state index contributed by atoms with van der Waals surface area (Å²) < 4.78 is 5.75. The lowest BCUT2D eigenvalue weighted by molar-refractivity contribution is 0.0115. The van der Waals surface area contributed by atoms with E-state index in [0.717, 1.165) is 45.4 Å². The molecule has 0 bridgehead atoms. The predicted molar refractivity (Wildman–Crippen MR) is 78.7 cm³/mol. The fourth-order valence-electron chi connectivity index (χ4n) is 2.35. The molecule has 1 fully saturated rings. The molecule has 0 spiro atoms. The van der Waals surface area contributed by atoms with E-state index in [-0.39, 0.29) is 0 Å². The summed E-state index contributed by atoms with van der Waals surface area (Å²) in [5.41, 5.74) is 0. The molecule has 1 aromatic heterocycles. The predicted octanol–water partition coefficient (Wildman–Crippen LogP) is 2.58. The Balaban J connectivity index is 1.65. The van der Waals surface area contributed by atoms with Crippen molar-refractivity contribution in [3.8, 4) is 0 Å². The maximum absolute atomic E-state index is 5.75. The van der Waals surface area contributed by atoms with E-state index in [9.17, 15) is 0 Å². The second-order valence-corrected chi connectivity index (χ2v) is 6.22. The number of hydrogen-bond acceptors (Lipinski definition) is 5. The largest absolute Gasteiger partial charge is 0.378 e. The lowest BCUT2D eigenvalue weighted by Crippen LogP contribution is -2.19.